The third kappa shape index (κ3) is 6.68. The lowest BCUT2D eigenvalue weighted by Crippen LogP contribution is -2.44. The molecule has 0 spiro atoms. The fourth-order valence-electron chi connectivity index (χ4n) is 0.682. The second kappa shape index (κ2) is 7.00. The Morgan fingerprint density at radius 3 is 1.67 bits per heavy atom. The van der Waals surface area contributed by atoms with E-state index in [4.69, 9.17) is 4.43 Å². The second-order valence-corrected chi connectivity index (χ2v) is 17.1. The van der Waals surface area contributed by atoms with Crippen molar-refractivity contribution in [3.8, 4) is 0 Å². The number of halogens is 6. The van der Waals surface area contributed by atoms with Gasteiger partial charge in [-0.05, 0) is 19.6 Å². The molecule has 0 saturated heterocycles. The molecule has 0 radical (unpaired) electrons. The van der Waals surface area contributed by atoms with Crippen molar-refractivity contribution in [1.82, 2.24) is 0 Å². The maximum Gasteiger partial charge on any atom is 0.185 e. The molecule has 2 atom stereocenters. The molecule has 92 valence electrons. The van der Waals surface area contributed by atoms with Gasteiger partial charge in [0, 0.05) is 0 Å². The molecule has 2 unspecified atom stereocenters. The fourth-order valence-corrected chi connectivity index (χ4v) is 7.36. The van der Waals surface area contributed by atoms with Gasteiger partial charge in [-0.25, -0.2) is 0 Å². The van der Waals surface area contributed by atoms with E-state index in [-0.39, 0.29) is 16.8 Å². The highest BCUT2D eigenvalue weighted by Crippen LogP contribution is 2.46. The highest BCUT2D eigenvalue weighted by molar-refractivity contribution is 9.28. The lowest BCUT2D eigenvalue weighted by atomic mass is 10.3. The molecule has 0 heterocycles. The summed E-state index contributed by atoms with van der Waals surface area (Å²) in [6, 6.07) is 0. The summed E-state index contributed by atoms with van der Waals surface area (Å²) in [4.78, 5) is 0.116. The summed E-state index contributed by atoms with van der Waals surface area (Å²) in [7, 11) is -1.57. The molecule has 0 aliphatic carbocycles. The Morgan fingerprint density at radius 1 is 1.00 bits per heavy atom. The normalized spacial score (nSPS) is 18.0. The zero-order chi connectivity index (χ0) is 12.4. The van der Waals surface area contributed by atoms with E-state index in [9.17, 15) is 0 Å². The molecule has 8 heteroatoms. The third-order valence-corrected chi connectivity index (χ3v) is 11.5. The minimum absolute atomic E-state index is 0.112. The van der Waals surface area contributed by atoms with Crippen molar-refractivity contribution >= 4 is 104 Å². The van der Waals surface area contributed by atoms with E-state index >= 15 is 0 Å². The van der Waals surface area contributed by atoms with Crippen LogP contribution in [0.15, 0.2) is 0 Å². The molecule has 0 aliphatic heterocycles. The topological polar surface area (TPSA) is 9.23 Å². The average molecular weight is 620 g/mol. The molecule has 0 N–H and O–H groups in total. The number of hydrogen-bond acceptors (Lipinski definition) is 1. The second-order valence-electron chi connectivity index (χ2n) is 3.96. The molecule has 0 fully saturated rings. The van der Waals surface area contributed by atoms with Crippen LogP contribution in [0.1, 0.15) is 0 Å². The summed E-state index contributed by atoms with van der Waals surface area (Å²) < 4.78 is 5.72. The SMILES string of the molecule is C[Si](C)(C)OC(Br)C(Br)(Br)C(Br)C(Br)Br. The van der Waals surface area contributed by atoms with Crippen LogP contribution in [0.5, 0.6) is 0 Å². The molecule has 0 bridgehead atoms. The summed E-state index contributed by atoms with van der Waals surface area (Å²) in [5.74, 6) is 0. The first-order valence-corrected chi connectivity index (χ1v) is 12.8. The van der Waals surface area contributed by atoms with Gasteiger partial charge in [0.25, 0.3) is 0 Å². The largest absolute Gasteiger partial charge is 0.403 e. The van der Waals surface area contributed by atoms with Gasteiger partial charge in [-0.2, -0.15) is 0 Å². The molecule has 0 rings (SSSR count). The molecule has 0 amide bonds. The van der Waals surface area contributed by atoms with Crippen molar-refractivity contribution in [2.24, 2.45) is 0 Å². The van der Waals surface area contributed by atoms with Crippen molar-refractivity contribution < 1.29 is 4.43 Å². The summed E-state index contributed by atoms with van der Waals surface area (Å²) in [5, 5.41) is -0.112. The van der Waals surface area contributed by atoms with Gasteiger partial charge >= 0.3 is 0 Å². The van der Waals surface area contributed by atoms with Gasteiger partial charge in [0.2, 0.25) is 0 Å². The zero-order valence-electron chi connectivity index (χ0n) is 8.41. The molecule has 0 saturated carbocycles. The molecular weight excluding hydrogens is 608 g/mol. The number of alkyl halides is 6. The summed E-state index contributed by atoms with van der Waals surface area (Å²) in [6.45, 7) is 6.46. The predicted octanol–water partition coefficient (Wildman–Crippen LogP) is 5.92. The van der Waals surface area contributed by atoms with Crippen molar-refractivity contribution in [1.29, 1.82) is 0 Å². The van der Waals surface area contributed by atoms with E-state index in [2.05, 4.69) is 115 Å². The maximum atomic E-state index is 5.96. The van der Waals surface area contributed by atoms with Crippen LogP contribution < -0.4 is 0 Å². The van der Waals surface area contributed by atoms with Crippen molar-refractivity contribution in [3.05, 3.63) is 0 Å². The Hall–Kier alpha value is 3.06. The molecule has 0 aromatic carbocycles. The Kier molecular flexibility index (Phi) is 8.43. The Labute approximate surface area is 143 Å². The van der Waals surface area contributed by atoms with Crippen LogP contribution in [0.2, 0.25) is 19.6 Å². The van der Waals surface area contributed by atoms with Gasteiger partial charge in [0.15, 0.2) is 8.32 Å². The highest BCUT2D eigenvalue weighted by atomic mass is 79.9. The molecule has 0 aromatic heterocycles. The van der Waals surface area contributed by atoms with Gasteiger partial charge < -0.3 is 4.43 Å². The average Bonchev–Trinajstić information content (AvgIpc) is 1.99. The lowest BCUT2D eigenvalue weighted by molar-refractivity contribution is 0.278. The van der Waals surface area contributed by atoms with Crippen molar-refractivity contribution in [3.63, 3.8) is 0 Å². The van der Waals surface area contributed by atoms with Gasteiger partial charge in [-0.1, -0.05) is 95.6 Å². The van der Waals surface area contributed by atoms with Crippen LogP contribution in [0.3, 0.4) is 0 Å². The molecule has 0 aliphatic rings. The molecule has 0 aromatic rings. The van der Waals surface area contributed by atoms with Crippen LogP contribution in [0.4, 0.5) is 0 Å². The van der Waals surface area contributed by atoms with E-state index in [0.29, 0.717) is 0 Å². The zero-order valence-corrected chi connectivity index (χ0v) is 18.9. The number of hydrogen-bond donors (Lipinski definition) is 0. The van der Waals surface area contributed by atoms with Crippen LogP contribution in [-0.4, -0.2) is 25.1 Å². The Balaban J connectivity index is 4.58. The Morgan fingerprint density at radius 2 is 1.40 bits per heavy atom. The fraction of sp³-hybridized carbons (Fsp3) is 1.00. The minimum Gasteiger partial charge on any atom is -0.403 e. The first-order chi connectivity index (χ1) is 6.48. The van der Waals surface area contributed by atoms with Crippen LogP contribution in [0, 0.1) is 0 Å². The highest BCUT2D eigenvalue weighted by Gasteiger charge is 2.43. The molecular formula is C7H12Br6OSi. The van der Waals surface area contributed by atoms with Gasteiger partial charge in [-0.15, -0.1) is 0 Å². The van der Waals surface area contributed by atoms with Gasteiger partial charge in [-0.3, -0.25) is 0 Å². The Bertz CT molecular complexity index is 204. The van der Waals surface area contributed by atoms with E-state index in [1.165, 1.54) is 0 Å². The smallest absolute Gasteiger partial charge is 0.185 e. The summed E-state index contributed by atoms with van der Waals surface area (Å²) >= 11 is 21.3. The quantitative estimate of drug-likeness (QED) is 0.274. The predicted molar refractivity (Wildman–Crippen MR) is 92.1 cm³/mol. The monoisotopic (exact) mass is 614 g/mol. The van der Waals surface area contributed by atoms with E-state index in [1.807, 2.05) is 0 Å². The number of rotatable bonds is 5. The van der Waals surface area contributed by atoms with Crippen LogP contribution in [0.25, 0.3) is 0 Å². The molecule has 15 heavy (non-hydrogen) atoms. The first kappa shape index (κ1) is 18.1. The third-order valence-electron chi connectivity index (χ3n) is 1.35. The van der Waals surface area contributed by atoms with E-state index in [1.54, 1.807) is 0 Å². The van der Waals surface area contributed by atoms with E-state index < -0.39 is 8.32 Å². The van der Waals surface area contributed by atoms with Crippen LogP contribution >= 0.6 is 95.6 Å². The van der Waals surface area contributed by atoms with Crippen molar-refractivity contribution in [2.75, 3.05) is 0 Å². The molecule has 1 nitrogen and oxygen atoms in total. The minimum atomic E-state index is -1.57. The van der Waals surface area contributed by atoms with Gasteiger partial charge in [0.05, 0.1) is 8.56 Å². The summed E-state index contributed by atoms with van der Waals surface area (Å²) in [5.41, 5.74) is 0. The van der Waals surface area contributed by atoms with Crippen molar-refractivity contribution in [2.45, 2.75) is 36.5 Å². The summed E-state index contributed by atoms with van der Waals surface area (Å²) in [6.07, 6.45) is 0. The van der Waals surface area contributed by atoms with Crippen LogP contribution in [-0.2, 0) is 4.43 Å². The maximum absolute atomic E-state index is 5.96. The lowest BCUT2D eigenvalue weighted by Gasteiger charge is -2.35. The first-order valence-electron chi connectivity index (χ1n) is 4.10. The van der Waals surface area contributed by atoms with E-state index in [0.717, 1.165) is 0 Å². The standard InChI is InChI=1S/C7H12Br6OSi/c1-15(2,3)14-6(11)7(12,13)4(8)5(9)10/h4-6H,1-3H3. The van der Waals surface area contributed by atoms with Gasteiger partial charge in [0.1, 0.15) is 8.25 Å².